The molecule has 1 unspecified atom stereocenters. The molecule has 9 nitrogen and oxygen atoms in total. The molecule has 0 spiro atoms. The van der Waals surface area contributed by atoms with Gasteiger partial charge in [-0.15, -0.1) is 0 Å². The zero-order valence-electron chi connectivity index (χ0n) is 16.2. The molecule has 1 heterocycles. The third-order valence-electron chi connectivity index (χ3n) is 5.47. The number of anilines is 1. The lowest BCUT2D eigenvalue weighted by Gasteiger charge is -2.17. The molecule has 1 aromatic heterocycles. The van der Waals surface area contributed by atoms with E-state index in [1.54, 1.807) is 0 Å². The predicted molar refractivity (Wildman–Crippen MR) is 108 cm³/mol. The second kappa shape index (κ2) is 7.51. The highest BCUT2D eigenvalue weighted by molar-refractivity contribution is 7.91. The van der Waals surface area contributed by atoms with Crippen LogP contribution in [-0.2, 0) is 46.9 Å². The number of carbonyl (C=O) groups excluding carboxylic acids is 2. The first-order valence-electron chi connectivity index (χ1n) is 9.64. The van der Waals surface area contributed by atoms with Gasteiger partial charge in [0.15, 0.2) is 9.92 Å². The van der Waals surface area contributed by atoms with E-state index in [1.165, 1.54) is 35.3 Å². The van der Waals surface area contributed by atoms with Crippen LogP contribution in [0.2, 0.25) is 0 Å². The number of amides is 3. The number of hydrogen-bond donors (Lipinski definition) is 4. The minimum Gasteiger partial charge on any atom is -0.358 e. The van der Waals surface area contributed by atoms with Crippen LogP contribution in [0.4, 0.5) is 10.5 Å². The quantitative estimate of drug-likeness (QED) is 0.592. The lowest BCUT2D eigenvalue weighted by atomic mass is 9.99. The monoisotopic (exact) mass is 416 g/mol. The summed E-state index contributed by atoms with van der Waals surface area (Å²) in [6.07, 6.45) is 8.56. The first kappa shape index (κ1) is 19.4. The number of aromatic nitrogens is 2. The number of nitrogens with zero attached hydrogens (tertiary/aromatic N) is 2. The fourth-order valence-electron chi connectivity index (χ4n) is 4.10. The Balaban J connectivity index is 1.51. The molecular weight excluding hydrogens is 392 g/mol. The van der Waals surface area contributed by atoms with E-state index >= 15 is 0 Å². The number of likely N-dealkylation sites (N-methyl/N-ethyl adjacent to an activating group) is 1. The van der Waals surface area contributed by atoms with E-state index in [4.69, 9.17) is 4.78 Å². The number of hydrogen-bond acceptors (Lipinski definition) is 5. The van der Waals surface area contributed by atoms with Crippen molar-refractivity contribution in [1.82, 2.24) is 19.8 Å². The van der Waals surface area contributed by atoms with E-state index in [0.717, 1.165) is 55.3 Å². The summed E-state index contributed by atoms with van der Waals surface area (Å²) in [5.74, 6) is -0.270. The summed E-state index contributed by atoms with van der Waals surface area (Å²) in [4.78, 5) is 24.1. The average Bonchev–Trinajstić information content (AvgIpc) is 3.41. The van der Waals surface area contributed by atoms with Crippen molar-refractivity contribution in [3.05, 3.63) is 40.7 Å². The first-order valence-corrected chi connectivity index (χ1v) is 11.2. The summed E-state index contributed by atoms with van der Waals surface area (Å²) >= 11 is 0. The molecule has 0 bridgehead atoms. The van der Waals surface area contributed by atoms with Gasteiger partial charge in [-0.25, -0.2) is 18.5 Å². The summed E-state index contributed by atoms with van der Waals surface area (Å²) in [6, 6.07) is 1.60. The molecule has 10 heteroatoms. The number of aryl methyl sites for hydroxylation is 2. The zero-order chi connectivity index (χ0) is 20.6. The number of fused-ring (bicyclic) bond motifs is 2. The van der Waals surface area contributed by atoms with E-state index in [9.17, 15) is 13.8 Å². The Labute approximate surface area is 169 Å². The summed E-state index contributed by atoms with van der Waals surface area (Å²) in [6.45, 7) is -0.0551. The minimum absolute atomic E-state index is 0.0417. The van der Waals surface area contributed by atoms with Crippen LogP contribution in [0.15, 0.2) is 23.4 Å². The van der Waals surface area contributed by atoms with Crippen LogP contribution in [-0.4, -0.2) is 33.0 Å². The van der Waals surface area contributed by atoms with Crippen molar-refractivity contribution in [2.75, 3.05) is 12.4 Å². The fourth-order valence-corrected chi connectivity index (χ4v) is 5.00. The molecule has 2 aliphatic rings. The zero-order valence-corrected chi connectivity index (χ0v) is 17.0. The maximum absolute atomic E-state index is 12.8. The highest BCUT2D eigenvalue weighted by Crippen LogP contribution is 2.38. The Kier molecular flexibility index (Phi) is 5.03. The Bertz CT molecular complexity index is 1060. The van der Waals surface area contributed by atoms with Crippen molar-refractivity contribution >= 4 is 27.5 Å². The Morgan fingerprint density at radius 2 is 1.83 bits per heavy atom. The SMILES string of the molecule is CNC(=O)Cn1cc(S(=N)(=O)NC(=O)Nc2c3c(cc4c2CCC4)CCC3)cn1. The van der Waals surface area contributed by atoms with Gasteiger partial charge in [-0.05, 0) is 60.8 Å². The molecule has 3 amide bonds. The second-order valence-corrected chi connectivity index (χ2v) is 9.18. The summed E-state index contributed by atoms with van der Waals surface area (Å²) in [7, 11) is -2.10. The number of nitrogens with one attached hydrogen (secondary N) is 4. The smallest absolute Gasteiger partial charge is 0.331 e. The molecule has 0 saturated carbocycles. The van der Waals surface area contributed by atoms with Gasteiger partial charge >= 0.3 is 6.03 Å². The first-order chi connectivity index (χ1) is 13.9. The number of urea groups is 1. The van der Waals surface area contributed by atoms with Crippen molar-refractivity contribution in [3.8, 4) is 0 Å². The van der Waals surface area contributed by atoms with Gasteiger partial charge in [0, 0.05) is 18.9 Å². The van der Waals surface area contributed by atoms with Crippen LogP contribution in [0.1, 0.15) is 35.1 Å². The van der Waals surface area contributed by atoms with Gasteiger partial charge < -0.3 is 10.6 Å². The number of rotatable bonds is 5. The normalized spacial score (nSPS) is 16.6. The number of carbonyl (C=O) groups is 2. The maximum atomic E-state index is 12.8. The Hall–Kier alpha value is -2.88. The topological polar surface area (TPSA) is 129 Å². The van der Waals surface area contributed by atoms with Gasteiger partial charge in [-0.2, -0.15) is 5.10 Å². The molecule has 0 fully saturated rings. The highest BCUT2D eigenvalue weighted by Gasteiger charge is 2.26. The Morgan fingerprint density at radius 1 is 1.17 bits per heavy atom. The van der Waals surface area contributed by atoms with E-state index < -0.39 is 15.9 Å². The molecule has 1 aromatic carbocycles. The van der Waals surface area contributed by atoms with Gasteiger partial charge in [-0.1, -0.05) is 6.07 Å². The maximum Gasteiger partial charge on any atom is 0.331 e. The molecule has 154 valence electrons. The van der Waals surface area contributed by atoms with E-state index in [0.29, 0.717) is 0 Å². The predicted octanol–water partition coefficient (Wildman–Crippen LogP) is 1.75. The largest absolute Gasteiger partial charge is 0.358 e. The molecule has 0 radical (unpaired) electrons. The Morgan fingerprint density at radius 3 is 2.45 bits per heavy atom. The van der Waals surface area contributed by atoms with Crippen LogP contribution < -0.4 is 15.4 Å². The average molecular weight is 417 g/mol. The highest BCUT2D eigenvalue weighted by atomic mass is 32.2. The second-order valence-electron chi connectivity index (χ2n) is 7.39. The summed E-state index contributed by atoms with van der Waals surface area (Å²) < 4.78 is 24.4. The third-order valence-corrected chi connectivity index (χ3v) is 6.82. The molecule has 0 saturated heterocycles. The molecule has 0 aliphatic heterocycles. The molecular formula is C19H24N6O3S. The van der Waals surface area contributed by atoms with Gasteiger partial charge in [0.2, 0.25) is 5.91 Å². The summed E-state index contributed by atoms with van der Waals surface area (Å²) in [5, 5.41) is 9.28. The molecule has 4 N–H and O–H groups in total. The molecule has 2 aliphatic carbocycles. The third kappa shape index (κ3) is 3.84. The van der Waals surface area contributed by atoms with Gasteiger partial charge in [-0.3, -0.25) is 9.48 Å². The van der Waals surface area contributed by atoms with Crippen LogP contribution in [0.5, 0.6) is 0 Å². The van der Waals surface area contributed by atoms with E-state index in [2.05, 4.69) is 26.5 Å². The van der Waals surface area contributed by atoms with Crippen LogP contribution in [0, 0.1) is 4.78 Å². The van der Waals surface area contributed by atoms with Gasteiger partial charge in [0.1, 0.15) is 11.4 Å². The lowest BCUT2D eigenvalue weighted by molar-refractivity contribution is -0.121. The molecule has 4 rings (SSSR count). The molecule has 29 heavy (non-hydrogen) atoms. The molecule has 2 aromatic rings. The van der Waals surface area contributed by atoms with Gasteiger partial charge in [0.05, 0.1) is 6.20 Å². The van der Waals surface area contributed by atoms with Crippen molar-refractivity contribution in [2.24, 2.45) is 0 Å². The van der Waals surface area contributed by atoms with Crippen molar-refractivity contribution in [1.29, 1.82) is 4.78 Å². The number of benzene rings is 1. The van der Waals surface area contributed by atoms with E-state index in [1.807, 2.05) is 0 Å². The van der Waals surface area contributed by atoms with Crippen molar-refractivity contribution in [3.63, 3.8) is 0 Å². The van der Waals surface area contributed by atoms with Crippen LogP contribution >= 0.6 is 0 Å². The van der Waals surface area contributed by atoms with Crippen molar-refractivity contribution in [2.45, 2.75) is 50.0 Å². The van der Waals surface area contributed by atoms with E-state index in [-0.39, 0.29) is 17.3 Å². The molecule has 1 atom stereocenters. The van der Waals surface area contributed by atoms with Gasteiger partial charge in [0.25, 0.3) is 0 Å². The standard InChI is InChI=1S/C19H24N6O3S/c1-21-17(26)11-25-10-14(9-22-25)29(20,28)24-19(27)23-18-15-6-2-4-12(15)8-13-5-3-7-16(13)18/h8-10H,2-7,11H2,1H3,(H,21,26)(H3,20,23,24,27,28). The van der Waals surface area contributed by atoms with Crippen LogP contribution in [0.25, 0.3) is 0 Å². The van der Waals surface area contributed by atoms with Crippen molar-refractivity contribution < 1.29 is 13.8 Å². The minimum atomic E-state index is -3.61. The summed E-state index contributed by atoms with van der Waals surface area (Å²) in [5.41, 5.74) is 5.72. The lowest BCUT2D eigenvalue weighted by Crippen LogP contribution is -2.34. The van der Waals surface area contributed by atoms with Crippen LogP contribution in [0.3, 0.4) is 0 Å². The fraction of sp³-hybridized carbons (Fsp3) is 0.421.